The third-order valence-corrected chi connectivity index (χ3v) is 7.26. The first-order valence-electron chi connectivity index (χ1n) is 11.9. The first kappa shape index (κ1) is 24.6. The number of amides is 1. The Morgan fingerprint density at radius 2 is 1.77 bits per heavy atom. The molecule has 2 aromatic carbocycles. The van der Waals surface area contributed by atoms with Crippen molar-refractivity contribution in [2.75, 3.05) is 26.3 Å². The second kappa shape index (κ2) is 10.9. The van der Waals surface area contributed by atoms with Crippen molar-refractivity contribution in [1.82, 2.24) is 9.47 Å². The molecule has 0 saturated carbocycles. The first-order valence-corrected chi connectivity index (χ1v) is 12.7. The first-order chi connectivity index (χ1) is 16.9. The van der Waals surface area contributed by atoms with Crippen LogP contribution in [0.1, 0.15) is 43.4 Å². The Morgan fingerprint density at radius 1 is 1.11 bits per heavy atom. The highest BCUT2D eigenvalue weighted by molar-refractivity contribution is 7.07. The van der Waals surface area contributed by atoms with E-state index < -0.39 is 0 Å². The third kappa shape index (κ3) is 5.29. The minimum atomic E-state index is -0.371. The molecule has 0 N–H and O–H groups in total. The van der Waals surface area contributed by atoms with Gasteiger partial charge in [-0.05, 0) is 47.2 Å². The van der Waals surface area contributed by atoms with E-state index in [4.69, 9.17) is 4.74 Å². The molecule has 1 aliphatic heterocycles. The van der Waals surface area contributed by atoms with Gasteiger partial charge in [0.15, 0.2) is 5.57 Å². The average Bonchev–Trinajstić information content (AvgIpc) is 3.20. The number of benzene rings is 2. The number of carbonyl (C=O) groups is 1. The summed E-state index contributed by atoms with van der Waals surface area (Å²) in [6.45, 7) is 8.06. The van der Waals surface area contributed by atoms with Gasteiger partial charge in [-0.25, -0.2) is 0 Å². The molecule has 0 spiro atoms. The smallest absolute Gasteiger partial charge is 0.273 e. The molecule has 0 aliphatic carbocycles. The highest BCUT2D eigenvalue weighted by Crippen LogP contribution is 2.15. The van der Waals surface area contributed by atoms with Crippen LogP contribution in [0.25, 0.3) is 17.3 Å². The van der Waals surface area contributed by atoms with Gasteiger partial charge in [-0.2, -0.15) is 5.26 Å². The Labute approximate surface area is 209 Å². The standard InChI is InChI=1S/C28H29N3O3S/c1-4-20-7-11-23(12-8-20)31-27(33)25(17-21-5-9-22(10-6-21)19(2)3)35-28(31)24(18-29)26(32)30-13-15-34-16-14-30/h5-12,17,19H,4,13-16H2,1-3H3/b25-17+,28-24-. The van der Waals surface area contributed by atoms with Crippen LogP contribution in [0.15, 0.2) is 53.3 Å². The minimum Gasteiger partial charge on any atom is -0.378 e. The lowest BCUT2D eigenvalue weighted by molar-refractivity contribution is -0.128. The number of hydrogen-bond acceptors (Lipinski definition) is 5. The van der Waals surface area contributed by atoms with Gasteiger partial charge >= 0.3 is 0 Å². The van der Waals surface area contributed by atoms with Gasteiger partial charge in [0.25, 0.3) is 11.5 Å². The van der Waals surface area contributed by atoms with E-state index in [9.17, 15) is 14.9 Å². The Balaban J connectivity index is 1.93. The lowest BCUT2D eigenvalue weighted by Gasteiger charge is -2.26. The van der Waals surface area contributed by atoms with E-state index in [1.54, 1.807) is 4.90 Å². The number of hydrogen-bond donors (Lipinski definition) is 0. The zero-order valence-electron chi connectivity index (χ0n) is 20.3. The van der Waals surface area contributed by atoms with E-state index in [0.29, 0.717) is 47.1 Å². The maximum absolute atomic E-state index is 13.6. The van der Waals surface area contributed by atoms with Crippen LogP contribution in [0.3, 0.4) is 0 Å². The van der Waals surface area contributed by atoms with Crippen molar-refractivity contribution < 1.29 is 9.53 Å². The van der Waals surface area contributed by atoms with Crippen molar-refractivity contribution in [3.8, 4) is 11.8 Å². The van der Waals surface area contributed by atoms with Crippen LogP contribution in [-0.4, -0.2) is 41.7 Å². The summed E-state index contributed by atoms with van der Waals surface area (Å²) in [5.74, 6) is 0.0449. The van der Waals surface area contributed by atoms with Crippen molar-refractivity contribution in [2.45, 2.75) is 33.1 Å². The fourth-order valence-electron chi connectivity index (χ4n) is 4.01. The number of aryl methyl sites for hydroxylation is 1. The van der Waals surface area contributed by atoms with Crippen molar-refractivity contribution in [1.29, 1.82) is 5.26 Å². The summed E-state index contributed by atoms with van der Waals surface area (Å²) < 4.78 is 7.67. The predicted octanol–water partition coefficient (Wildman–Crippen LogP) is 2.95. The average molecular weight is 488 g/mol. The third-order valence-electron chi connectivity index (χ3n) is 6.17. The maximum Gasteiger partial charge on any atom is 0.273 e. The molecular weight excluding hydrogens is 458 g/mol. The fraction of sp³-hybridized carbons (Fsp3) is 0.321. The van der Waals surface area contributed by atoms with Gasteiger partial charge in [0.2, 0.25) is 0 Å². The van der Waals surface area contributed by atoms with Gasteiger partial charge < -0.3 is 9.64 Å². The lowest BCUT2D eigenvalue weighted by atomic mass is 10.0. The number of nitrogens with zero attached hydrogens (tertiary/aromatic N) is 3. The Morgan fingerprint density at radius 3 is 2.34 bits per heavy atom. The number of aromatic nitrogens is 1. The lowest BCUT2D eigenvalue weighted by Crippen LogP contribution is -2.42. The van der Waals surface area contributed by atoms with Crippen LogP contribution < -0.4 is 14.8 Å². The predicted molar refractivity (Wildman–Crippen MR) is 139 cm³/mol. The Bertz CT molecular complexity index is 1420. The highest BCUT2D eigenvalue weighted by Gasteiger charge is 2.24. The fourth-order valence-corrected chi connectivity index (χ4v) is 5.10. The molecule has 3 aromatic rings. The summed E-state index contributed by atoms with van der Waals surface area (Å²) >= 11 is 1.18. The summed E-state index contributed by atoms with van der Waals surface area (Å²) in [7, 11) is 0. The molecule has 0 radical (unpaired) electrons. The zero-order chi connectivity index (χ0) is 24.9. The van der Waals surface area contributed by atoms with Gasteiger partial charge in [-0.15, -0.1) is 11.3 Å². The summed E-state index contributed by atoms with van der Waals surface area (Å²) in [6.07, 6.45) is 2.70. The molecule has 6 nitrogen and oxygen atoms in total. The molecule has 2 heterocycles. The van der Waals surface area contributed by atoms with Crippen molar-refractivity contribution in [3.63, 3.8) is 0 Å². The SMILES string of the molecule is CCc1ccc(-n2c(=O)/c(=C\c3ccc(C(C)C)cc3)s/c2=C(/C#N)C(=O)N2CCOCC2)cc1. The minimum absolute atomic E-state index is 0.0247. The number of rotatable bonds is 5. The van der Waals surface area contributed by atoms with Gasteiger partial charge in [0, 0.05) is 13.1 Å². The molecule has 0 unspecified atom stereocenters. The Kier molecular flexibility index (Phi) is 7.64. The van der Waals surface area contributed by atoms with Crippen LogP contribution in [0.4, 0.5) is 0 Å². The van der Waals surface area contributed by atoms with E-state index in [-0.39, 0.29) is 17.0 Å². The molecule has 35 heavy (non-hydrogen) atoms. The summed E-state index contributed by atoms with van der Waals surface area (Å²) in [5, 5.41) is 10.0. The van der Waals surface area contributed by atoms with Crippen molar-refractivity contribution >= 4 is 28.9 Å². The van der Waals surface area contributed by atoms with Gasteiger partial charge in [-0.3, -0.25) is 14.2 Å². The van der Waals surface area contributed by atoms with E-state index in [2.05, 4.69) is 39.0 Å². The molecule has 1 amide bonds. The maximum atomic E-state index is 13.6. The molecule has 180 valence electrons. The van der Waals surface area contributed by atoms with E-state index in [0.717, 1.165) is 17.5 Å². The number of nitriles is 1. The van der Waals surface area contributed by atoms with Crippen LogP contribution in [0, 0.1) is 11.3 Å². The topological polar surface area (TPSA) is 75.3 Å². The van der Waals surface area contributed by atoms with Crippen LogP contribution >= 0.6 is 11.3 Å². The summed E-state index contributed by atoms with van der Waals surface area (Å²) in [6, 6.07) is 17.9. The summed E-state index contributed by atoms with van der Waals surface area (Å²) in [4.78, 5) is 28.5. The van der Waals surface area contributed by atoms with E-state index in [1.807, 2.05) is 42.5 Å². The van der Waals surface area contributed by atoms with Crippen molar-refractivity contribution in [3.05, 3.63) is 84.8 Å². The van der Waals surface area contributed by atoms with Crippen molar-refractivity contribution in [2.24, 2.45) is 0 Å². The number of carbonyl (C=O) groups excluding carboxylic acids is 1. The molecular formula is C28H29N3O3S. The van der Waals surface area contributed by atoms with Gasteiger partial charge in [-0.1, -0.05) is 57.2 Å². The normalized spacial score (nSPS) is 15.3. The number of ether oxygens (including phenoxy) is 1. The molecule has 4 rings (SSSR count). The van der Waals surface area contributed by atoms with E-state index in [1.165, 1.54) is 21.5 Å². The molecule has 7 heteroatoms. The summed E-state index contributed by atoms with van der Waals surface area (Å²) in [5.41, 5.74) is 3.62. The van der Waals surface area contributed by atoms with Crippen LogP contribution in [0.2, 0.25) is 0 Å². The molecule has 1 fully saturated rings. The molecule has 1 aromatic heterocycles. The highest BCUT2D eigenvalue weighted by atomic mass is 32.1. The molecule has 1 aliphatic rings. The number of morpholine rings is 1. The van der Waals surface area contributed by atoms with Gasteiger partial charge in [0.05, 0.1) is 23.4 Å². The van der Waals surface area contributed by atoms with E-state index >= 15 is 0 Å². The molecule has 0 atom stereocenters. The Hall–Kier alpha value is -3.47. The van der Waals surface area contributed by atoms with Gasteiger partial charge in [0.1, 0.15) is 10.7 Å². The number of thiazole rings is 1. The van der Waals surface area contributed by atoms with Crippen LogP contribution in [-0.2, 0) is 16.0 Å². The molecule has 1 saturated heterocycles. The quantitative estimate of drug-likeness (QED) is 0.555. The zero-order valence-corrected chi connectivity index (χ0v) is 21.1. The second-order valence-electron chi connectivity index (χ2n) is 8.79. The largest absolute Gasteiger partial charge is 0.378 e. The monoisotopic (exact) mass is 487 g/mol. The molecule has 0 bridgehead atoms. The second-order valence-corrected chi connectivity index (χ2v) is 9.82. The van der Waals surface area contributed by atoms with Crippen LogP contribution in [0.5, 0.6) is 0 Å².